The molecule has 1 aromatic carbocycles. The number of aromatic amines is 1. The van der Waals surface area contributed by atoms with Gasteiger partial charge >= 0.3 is 0 Å². The van der Waals surface area contributed by atoms with E-state index in [1.165, 1.54) is 4.57 Å². The van der Waals surface area contributed by atoms with E-state index in [4.69, 9.17) is 0 Å². The monoisotopic (exact) mass is 310 g/mol. The molecule has 0 saturated heterocycles. The number of rotatable bonds is 4. The zero-order chi connectivity index (χ0) is 16.4. The maximum atomic E-state index is 12.5. The fourth-order valence-electron chi connectivity index (χ4n) is 2.52. The van der Waals surface area contributed by atoms with E-state index < -0.39 is 0 Å². The Hall–Kier alpha value is -2.89. The average Bonchev–Trinajstić information content (AvgIpc) is 2.91. The smallest absolute Gasteiger partial charge is 0.263 e. The van der Waals surface area contributed by atoms with Crippen LogP contribution in [0.1, 0.15) is 17.1 Å². The first-order valence-electron chi connectivity index (χ1n) is 7.42. The molecule has 0 unspecified atom stereocenters. The maximum Gasteiger partial charge on any atom is 0.263 e. The van der Waals surface area contributed by atoms with Gasteiger partial charge in [-0.2, -0.15) is 0 Å². The summed E-state index contributed by atoms with van der Waals surface area (Å²) in [5.74, 6) is 0.298. The Morgan fingerprint density at radius 1 is 1.26 bits per heavy atom. The quantitative estimate of drug-likeness (QED) is 0.769. The minimum atomic E-state index is -0.215. The van der Waals surface area contributed by atoms with Crippen molar-refractivity contribution in [2.45, 2.75) is 26.9 Å². The lowest BCUT2D eigenvalue weighted by atomic mass is 10.2. The minimum absolute atomic E-state index is 0.0370. The van der Waals surface area contributed by atoms with E-state index in [2.05, 4.69) is 15.3 Å². The fraction of sp³-hybridized carbons (Fsp3) is 0.235. The second-order valence-corrected chi connectivity index (χ2v) is 5.53. The lowest BCUT2D eigenvalue weighted by Gasteiger charge is -2.10. The largest absolute Gasteiger partial charge is 0.350 e. The van der Waals surface area contributed by atoms with Crippen molar-refractivity contribution < 1.29 is 4.79 Å². The van der Waals surface area contributed by atoms with E-state index in [1.54, 1.807) is 13.0 Å². The van der Waals surface area contributed by atoms with Gasteiger partial charge in [0.05, 0.1) is 5.39 Å². The lowest BCUT2D eigenvalue weighted by Crippen LogP contribution is -2.33. The number of nitrogens with zero attached hydrogens (tertiary/aromatic N) is 2. The maximum absolute atomic E-state index is 12.5. The van der Waals surface area contributed by atoms with E-state index in [-0.39, 0.29) is 18.0 Å². The van der Waals surface area contributed by atoms with Gasteiger partial charge < -0.3 is 10.3 Å². The summed E-state index contributed by atoms with van der Waals surface area (Å²) in [6, 6.07) is 11.4. The number of aryl methyl sites for hydroxylation is 2. The van der Waals surface area contributed by atoms with Crippen LogP contribution >= 0.6 is 0 Å². The van der Waals surface area contributed by atoms with Crippen LogP contribution in [0.4, 0.5) is 0 Å². The molecule has 2 heterocycles. The third kappa shape index (κ3) is 3.15. The van der Waals surface area contributed by atoms with Gasteiger partial charge in [-0.15, -0.1) is 0 Å². The summed E-state index contributed by atoms with van der Waals surface area (Å²) < 4.78 is 1.40. The van der Waals surface area contributed by atoms with Gasteiger partial charge in [0.2, 0.25) is 5.91 Å². The van der Waals surface area contributed by atoms with Crippen LogP contribution in [-0.4, -0.2) is 20.4 Å². The predicted molar refractivity (Wildman–Crippen MR) is 88.1 cm³/mol. The molecule has 0 fully saturated rings. The number of benzene rings is 1. The molecule has 6 heteroatoms. The Morgan fingerprint density at radius 3 is 2.74 bits per heavy atom. The first-order chi connectivity index (χ1) is 11.0. The zero-order valence-corrected chi connectivity index (χ0v) is 13.1. The van der Waals surface area contributed by atoms with E-state index in [0.717, 1.165) is 11.3 Å². The molecule has 0 radical (unpaired) electrons. The van der Waals surface area contributed by atoms with Crippen molar-refractivity contribution in [3.05, 3.63) is 63.8 Å². The Bertz CT molecular complexity index is 909. The van der Waals surface area contributed by atoms with Crippen molar-refractivity contribution in [1.82, 2.24) is 19.9 Å². The normalized spacial score (nSPS) is 10.9. The molecule has 23 heavy (non-hydrogen) atoms. The van der Waals surface area contributed by atoms with Gasteiger partial charge in [-0.3, -0.25) is 14.2 Å². The number of carbonyl (C=O) groups excluding carboxylic acids is 1. The highest BCUT2D eigenvalue weighted by atomic mass is 16.2. The molecular weight excluding hydrogens is 292 g/mol. The molecule has 6 nitrogen and oxygen atoms in total. The molecule has 2 aromatic heterocycles. The van der Waals surface area contributed by atoms with Gasteiger partial charge in [-0.05, 0) is 25.5 Å². The fourth-order valence-corrected chi connectivity index (χ4v) is 2.52. The van der Waals surface area contributed by atoms with Crippen LogP contribution in [0.3, 0.4) is 0 Å². The van der Waals surface area contributed by atoms with E-state index in [1.807, 2.05) is 37.3 Å². The molecule has 3 aromatic rings. The molecule has 0 saturated carbocycles. The van der Waals surface area contributed by atoms with Crippen molar-refractivity contribution in [3.63, 3.8) is 0 Å². The minimum Gasteiger partial charge on any atom is -0.350 e. The molecule has 3 rings (SSSR count). The second-order valence-electron chi connectivity index (χ2n) is 5.53. The first kappa shape index (κ1) is 15.0. The molecule has 1 amide bonds. The van der Waals surface area contributed by atoms with Crippen molar-refractivity contribution in [2.75, 3.05) is 0 Å². The van der Waals surface area contributed by atoms with Gasteiger partial charge in [-0.25, -0.2) is 4.98 Å². The Balaban J connectivity index is 1.78. The summed E-state index contributed by atoms with van der Waals surface area (Å²) in [5, 5.41) is 3.32. The van der Waals surface area contributed by atoms with Gasteiger partial charge in [0.15, 0.2) is 0 Å². The van der Waals surface area contributed by atoms with Crippen LogP contribution < -0.4 is 10.9 Å². The molecule has 0 aliphatic carbocycles. The van der Waals surface area contributed by atoms with Gasteiger partial charge in [0, 0.05) is 12.2 Å². The van der Waals surface area contributed by atoms with E-state index in [0.29, 0.717) is 23.4 Å². The third-order valence-electron chi connectivity index (χ3n) is 3.71. The zero-order valence-electron chi connectivity index (χ0n) is 13.1. The highest BCUT2D eigenvalue weighted by molar-refractivity contribution is 5.78. The standard InChI is InChI=1S/C17H18N4O2/c1-11-8-14-16(19-11)20-12(2)21(17(14)23)10-15(22)18-9-13-6-4-3-5-7-13/h3-8,19H,9-10H2,1-2H3,(H,18,22). The highest BCUT2D eigenvalue weighted by Crippen LogP contribution is 2.09. The average molecular weight is 310 g/mol. The van der Waals surface area contributed by atoms with Crippen LogP contribution in [0, 0.1) is 13.8 Å². The van der Waals surface area contributed by atoms with Crippen LogP contribution in [0.25, 0.3) is 11.0 Å². The SMILES string of the molecule is Cc1cc2c(=O)n(CC(=O)NCc3ccccc3)c(C)nc2[nH]1. The van der Waals surface area contributed by atoms with Crippen LogP contribution in [-0.2, 0) is 17.9 Å². The second kappa shape index (κ2) is 6.08. The van der Waals surface area contributed by atoms with Crippen molar-refractivity contribution >= 4 is 16.9 Å². The van der Waals surface area contributed by atoms with Crippen molar-refractivity contribution in [1.29, 1.82) is 0 Å². The Kier molecular flexibility index (Phi) is 3.97. The predicted octanol–water partition coefficient (Wildman–Crippen LogP) is 1.66. The van der Waals surface area contributed by atoms with E-state index >= 15 is 0 Å². The number of amides is 1. The van der Waals surface area contributed by atoms with Gasteiger partial charge in [0.25, 0.3) is 5.56 Å². The van der Waals surface area contributed by atoms with Crippen LogP contribution in [0.5, 0.6) is 0 Å². The van der Waals surface area contributed by atoms with Gasteiger partial charge in [0.1, 0.15) is 18.0 Å². The summed E-state index contributed by atoms with van der Waals surface area (Å²) in [6.07, 6.45) is 0. The third-order valence-corrected chi connectivity index (χ3v) is 3.71. The number of carbonyl (C=O) groups is 1. The van der Waals surface area contributed by atoms with Crippen molar-refractivity contribution in [3.8, 4) is 0 Å². The van der Waals surface area contributed by atoms with E-state index in [9.17, 15) is 9.59 Å². The molecule has 0 atom stereocenters. The Morgan fingerprint density at radius 2 is 2.00 bits per heavy atom. The highest BCUT2D eigenvalue weighted by Gasteiger charge is 2.12. The lowest BCUT2D eigenvalue weighted by molar-refractivity contribution is -0.121. The number of nitrogens with one attached hydrogen (secondary N) is 2. The number of H-pyrrole nitrogens is 1. The molecule has 2 N–H and O–H groups in total. The van der Waals surface area contributed by atoms with Crippen molar-refractivity contribution in [2.24, 2.45) is 0 Å². The molecule has 0 aliphatic rings. The Labute approximate surface area is 133 Å². The summed E-state index contributed by atoms with van der Waals surface area (Å²) in [6.45, 7) is 3.99. The summed E-state index contributed by atoms with van der Waals surface area (Å²) >= 11 is 0. The molecule has 0 aliphatic heterocycles. The summed E-state index contributed by atoms with van der Waals surface area (Å²) in [7, 11) is 0. The molecule has 0 spiro atoms. The molecular formula is C17H18N4O2. The van der Waals surface area contributed by atoms with Crippen LogP contribution in [0.15, 0.2) is 41.2 Å². The number of aromatic nitrogens is 3. The summed E-state index contributed by atoms with van der Waals surface area (Å²) in [4.78, 5) is 32.0. The topological polar surface area (TPSA) is 79.8 Å². The molecule has 118 valence electrons. The number of hydrogen-bond donors (Lipinski definition) is 2. The first-order valence-corrected chi connectivity index (χ1v) is 7.42. The summed E-state index contributed by atoms with van der Waals surface area (Å²) in [5.41, 5.74) is 2.24. The number of hydrogen-bond acceptors (Lipinski definition) is 3. The van der Waals surface area contributed by atoms with Gasteiger partial charge in [-0.1, -0.05) is 30.3 Å². The van der Waals surface area contributed by atoms with Crippen LogP contribution in [0.2, 0.25) is 0 Å². The molecule has 0 bridgehead atoms. The number of fused-ring (bicyclic) bond motifs is 1.